The number of rotatable bonds is 6. The van der Waals surface area contributed by atoms with E-state index in [0.717, 1.165) is 17.7 Å². The van der Waals surface area contributed by atoms with Gasteiger partial charge in [0.25, 0.3) is 0 Å². The molecule has 0 radical (unpaired) electrons. The summed E-state index contributed by atoms with van der Waals surface area (Å²) in [6, 6.07) is 11.9. The van der Waals surface area contributed by atoms with Gasteiger partial charge in [0.2, 0.25) is 5.91 Å². The number of thioether (sulfide) groups is 1. The number of aromatic nitrogens is 3. The van der Waals surface area contributed by atoms with Crippen molar-refractivity contribution in [1.82, 2.24) is 14.8 Å². The van der Waals surface area contributed by atoms with Crippen molar-refractivity contribution >= 4 is 23.4 Å². The van der Waals surface area contributed by atoms with E-state index in [2.05, 4.69) is 15.5 Å². The molecule has 1 aliphatic heterocycles. The maximum atomic E-state index is 13.8. The molecule has 1 aliphatic rings. The lowest BCUT2D eigenvalue weighted by Gasteiger charge is -2.15. The Hall–Kier alpha value is -3.07. The van der Waals surface area contributed by atoms with E-state index < -0.39 is 5.82 Å². The van der Waals surface area contributed by atoms with Crippen LogP contribution in [-0.2, 0) is 4.79 Å². The van der Waals surface area contributed by atoms with E-state index in [1.165, 1.54) is 23.9 Å². The molecule has 0 fully saturated rings. The minimum Gasteiger partial charge on any atom is -0.490 e. The summed E-state index contributed by atoms with van der Waals surface area (Å²) in [5.74, 6) is 1.39. The van der Waals surface area contributed by atoms with Crippen molar-refractivity contribution in [2.24, 2.45) is 0 Å². The lowest BCUT2D eigenvalue weighted by atomic mass is 10.2. The first-order valence-electron chi connectivity index (χ1n) is 10.0. The molecule has 1 aromatic heterocycles. The second-order valence-corrected chi connectivity index (χ2v) is 8.24. The van der Waals surface area contributed by atoms with Crippen molar-refractivity contribution in [3.05, 3.63) is 48.3 Å². The van der Waals surface area contributed by atoms with Gasteiger partial charge < -0.3 is 14.8 Å². The zero-order valence-electron chi connectivity index (χ0n) is 17.3. The smallest absolute Gasteiger partial charge is 0.234 e. The molecular weight excluding hydrogens is 419 g/mol. The molecule has 3 aromatic rings. The van der Waals surface area contributed by atoms with E-state index >= 15 is 0 Å². The lowest BCUT2D eigenvalue weighted by molar-refractivity contribution is -0.113. The van der Waals surface area contributed by atoms with Gasteiger partial charge in [0.05, 0.1) is 24.7 Å². The van der Waals surface area contributed by atoms with Gasteiger partial charge in [-0.15, -0.1) is 10.2 Å². The number of anilines is 1. The Kier molecular flexibility index (Phi) is 6.41. The van der Waals surface area contributed by atoms with Gasteiger partial charge >= 0.3 is 0 Å². The van der Waals surface area contributed by atoms with Gasteiger partial charge in [-0.2, -0.15) is 0 Å². The quantitative estimate of drug-likeness (QED) is 0.564. The minimum absolute atomic E-state index is 0.0677. The Bertz CT molecular complexity index is 1090. The number of fused-ring (bicyclic) bond motifs is 1. The van der Waals surface area contributed by atoms with Gasteiger partial charge in [-0.25, -0.2) is 4.39 Å². The van der Waals surface area contributed by atoms with Gasteiger partial charge in [-0.05, 0) is 44.2 Å². The highest BCUT2D eigenvalue weighted by atomic mass is 32.2. The molecular formula is C22H23FN4O3S. The van der Waals surface area contributed by atoms with Crippen molar-refractivity contribution in [2.75, 3.05) is 24.3 Å². The van der Waals surface area contributed by atoms with Crippen molar-refractivity contribution in [3.63, 3.8) is 0 Å². The van der Waals surface area contributed by atoms with E-state index in [-0.39, 0.29) is 23.4 Å². The second kappa shape index (κ2) is 9.38. The van der Waals surface area contributed by atoms with Gasteiger partial charge in [0, 0.05) is 18.0 Å². The van der Waals surface area contributed by atoms with Crippen LogP contribution in [0.25, 0.3) is 11.4 Å². The fourth-order valence-corrected chi connectivity index (χ4v) is 4.09. The molecule has 0 atom stereocenters. The highest BCUT2D eigenvalue weighted by Crippen LogP contribution is 2.35. The number of halogens is 1. The van der Waals surface area contributed by atoms with E-state index in [0.29, 0.717) is 29.9 Å². The van der Waals surface area contributed by atoms with Crippen LogP contribution in [0.15, 0.2) is 47.6 Å². The monoisotopic (exact) mass is 442 g/mol. The Morgan fingerprint density at radius 2 is 1.94 bits per heavy atom. The van der Waals surface area contributed by atoms with E-state index in [4.69, 9.17) is 9.47 Å². The summed E-state index contributed by atoms with van der Waals surface area (Å²) in [4.78, 5) is 12.3. The number of ether oxygens (including phenoxy) is 2. The summed E-state index contributed by atoms with van der Waals surface area (Å²) in [7, 11) is 0. The molecule has 1 amide bonds. The zero-order valence-corrected chi connectivity index (χ0v) is 18.1. The number of carbonyl (C=O) groups is 1. The van der Waals surface area contributed by atoms with Crippen molar-refractivity contribution < 1.29 is 18.7 Å². The molecule has 0 bridgehead atoms. The molecule has 2 aromatic carbocycles. The van der Waals surface area contributed by atoms with Gasteiger partial charge in [-0.3, -0.25) is 9.36 Å². The van der Waals surface area contributed by atoms with Crippen LogP contribution in [0.1, 0.15) is 26.3 Å². The van der Waals surface area contributed by atoms with Crippen LogP contribution in [-0.4, -0.2) is 39.6 Å². The van der Waals surface area contributed by atoms with Gasteiger partial charge in [0.1, 0.15) is 5.82 Å². The topological polar surface area (TPSA) is 78.3 Å². The summed E-state index contributed by atoms with van der Waals surface area (Å²) in [5.41, 5.74) is 1.01. The number of para-hydroxylation sites is 1. The summed E-state index contributed by atoms with van der Waals surface area (Å²) in [6.07, 6.45) is 0.835. The van der Waals surface area contributed by atoms with Crippen LogP contribution in [0.3, 0.4) is 0 Å². The predicted octanol–water partition coefficient (Wildman–Crippen LogP) is 4.56. The number of amides is 1. The number of hydrogen-bond donors (Lipinski definition) is 1. The number of nitrogens with one attached hydrogen (secondary N) is 1. The fourth-order valence-electron chi connectivity index (χ4n) is 3.22. The Morgan fingerprint density at radius 1 is 1.16 bits per heavy atom. The molecule has 9 heteroatoms. The maximum Gasteiger partial charge on any atom is 0.234 e. The summed E-state index contributed by atoms with van der Waals surface area (Å²) < 4.78 is 27.2. The largest absolute Gasteiger partial charge is 0.490 e. The van der Waals surface area contributed by atoms with Gasteiger partial charge in [0.15, 0.2) is 22.5 Å². The molecule has 0 unspecified atom stereocenters. The predicted molar refractivity (Wildman–Crippen MR) is 117 cm³/mol. The third-order valence-electron chi connectivity index (χ3n) is 4.67. The van der Waals surface area contributed by atoms with Crippen molar-refractivity contribution in [2.45, 2.75) is 31.5 Å². The molecule has 0 saturated carbocycles. The average molecular weight is 443 g/mol. The Morgan fingerprint density at radius 3 is 2.71 bits per heavy atom. The fraction of sp³-hybridized carbons (Fsp3) is 0.318. The molecule has 0 saturated heterocycles. The highest BCUT2D eigenvalue weighted by molar-refractivity contribution is 7.99. The molecule has 0 aliphatic carbocycles. The number of benzene rings is 2. The van der Waals surface area contributed by atoms with E-state index in [9.17, 15) is 9.18 Å². The zero-order chi connectivity index (χ0) is 21.8. The number of carbonyl (C=O) groups excluding carboxylic acids is 1. The number of hydrogen-bond acceptors (Lipinski definition) is 6. The molecule has 0 spiro atoms. The van der Waals surface area contributed by atoms with Crippen LogP contribution in [0.2, 0.25) is 0 Å². The third kappa shape index (κ3) is 4.82. The molecule has 7 nitrogen and oxygen atoms in total. The SMILES string of the molecule is CC(C)n1c(SCC(=O)Nc2ccccc2F)nnc1-c1ccc2c(c1)OCCCO2. The normalized spacial score (nSPS) is 13.2. The van der Waals surface area contributed by atoms with Crippen LogP contribution >= 0.6 is 11.8 Å². The van der Waals surface area contributed by atoms with Crippen LogP contribution in [0.4, 0.5) is 10.1 Å². The van der Waals surface area contributed by atoms with Crippen molar-refractivity contribution in [1.29, 1.82) is 0 Å². The van der Waals surface area contributed by atoms with E-state index in [1.54, 1.807) is 12.1 Å². The maximum absolute atomic E-state index is 13.8. The molecule has 1 N–H and O–H groups in total. The summed E-state index contributed by atoms with van der Waals surface area (Å²) in [6.45, 7) is 5.29. The molecule has 31 heavy (non-hydrogen) atoms. The van der Waals surface area contributed by atoms with Crippen LogP contribution in [0.5, 0.6) is 11.5 Å². The molecule has 162 valence electrons. The second-order valence-electron chi connectivity index (χ2n) is 7.30. The summed E-state index contributed by atoms with van der Waals surface area (Å²) >= 11 is 1.26. The minimum atomic E-state index is -0.470. The Balaban J connectivity index is 1.52. The highest BCUT2D eigenvalue weighted by Gasteiger charge is 2.20. The number of nitrogens with zero attached hydrogens (tertiary/aromatic N) is 3. The van der Waals surface area contributed by atoms with Crippen LogP contribution < -0.4 is 14.8 Å². The Labute approximate surface area is 184 Å². The first kappa shape index (κ1) is 21.2. The first-order valence-corrected chi connectivity index (χ1v) is 11.0. The molecule has 2 heterocycles. The summed E-state index contributed by atoms with van der Waals surface area (Å²) in [5, 5.41) is 11.8. The average Bonchev–Trinajstić information content (AvgIpc) is 3.04. The molecule has 4 rings (SSSR count). The van der Waals surface area contributed by atoms with Crippen LogP contribution in [0, 0.1) is 5.82 Å². The lowest BCUT2D eigenvalue weighted by Crippen LogP contribution is -2.15. The van der Waals surface area contributed by atoms with Gasteiger partial charge in [-0.1, -0.05) is 23.9 Å². The third-order valence-corrected chi connectivity index (χ3v) is 5.61. The first-order chi connectivity index (χ1) is 15.0. The van der Waals surface area contributed by atoms with Crippen molar-refractivity contribution in [3.8, 4) is 22.9 Å². The standard InChI is InChI=1S/C22H23FN4O3S/c1-14(2)27-21(15-8-9-18-19(12-15)30-11-5-10-29-18)25-26-22(27)31-13-20(28)24-17-7-4-3-6-16(17)23/h3-4,6-9,12,14H,5,10-11,13H2,1-2H3,(H,24,28). The van der Waals surface area contributed by atoms with E-state index in [1.807, 2.05) is 36.6 Å².